The highest BCUT2D eigenvalue weighted by Crippen LogP contribution is 2.31. The van der Waals surface area contributed by atoms with Crippen LogP contribution in [0.1, 0.15) is 38.8 Å². The number of methoxy groups -OCH3 is 3. The lowest BCUT2D eigenvalue weighted by Crippen LogP contribution is -2.37. The second-order valence-corrected chi connectivity index (χ2v) is 5.52. The van der Waals surface area contributed by atoms with Gasteiger partial charge in [0.05, 0.1) is 26.4 Å². The van der Waals surface area contributed by atoms with Gasteiger partial charge in [0, 0.05) is 13.2 Å². The van der Waals surface area contributed by atoms with E-state index in [2.05, 4.69) is 26.1 Å². The van der Waals surface area contributed by atoms with Gasteiger partial charge in [0.2, 0.25) is 0 Å². The fourth-order valence-electron chi connectivity index (χ4n) is 2.53. The van der Waals surface area contributed by atoms with Crippen LogP contribution in [0.2, 0.25) is 0 Å². The Balaban J connectivity index is 3.17. The standard InChI is InChI=1S/C17H29NO3/c1-7-8-18-16(17(21-6)12(2)3)13-9-14(19-4)11-15(10-13)20-5/h9-12,16-18H,7-8H2,1-6H3. The molecule has 0 aromatic heterocycles. The number of benzene rings is 1. The van der Waals surface area contributed by atoms with Gasteiger partial charge in [-0.05, 0) is 36.6 Å². The van der Waals surface area contributed by atoms with Gasteiger partial charge < -0.3 is 19.5 Å². The van der Waals surface area contributed by atoms with Crippen molar-refractivity contribution in [3.8, 4) is 11.5 Å². The van der Waals surface area contributed by atoms with E-state index in [4.69, 9.17) is 14.2 Å². The van der Waals surface area contributed by atoms with Gasteiger partial charge in [0.1, 0.15) is 11.5 Å². The van der Waals surface area contributed by atoms with Crippen molar-refractivity contribution in [2.45, 2.75) is 39.3 Å². The fourth-order valence-corrected chi connectivity index (χ4v) is 2.53. The maximum Gasteiger partial charge on any atom is 0.122 e. The first-order chi connectivity index (χ1) is 10.1. The molecule has 21 heavy (non-hydrogen) atoms. The summed E-state index contributed by atoms with van der Waals surface area (Å²) < 4.78 is 16.5. The van der Waals surface area contributed by atoms with Crippen molar-refractivity contribution in [2.24, 2.45) is 5.92 Å². The van der Waals surface area contributed by atoms with Crippen LogP contribution >= 0.6 is 0 Å². The van der Waals surface area contributed by atoms with Gasteiger partial charge in [-0.1, -0.05) is 20.8 Å². The molecule has 4 heteroatoms. The average Bonchev–Trinajstić information content (AvgIpc) is 2.50. The Bertz CT molecular complexity index is 398. The Kier molecular flexibility index (Phi) is 7.54. The maximum atomic E-state index is 5.73. The summed E-state index contributed by atoms with van der Waals surface area (Å²) in [5.74, 6) is 2.00. The van der Waals surface area contributed by atoms with Gasteiger partial charge in [-0.15, -0.1) is 0 Å². The summed E-state index contributed by atoms with van der Waals surface area (Å²) in [7, 11) is 5.11. The molecule has 0 aliphatic rings. The minimum atomic E-state index is 0.0911. The minimum absolute atomic E-state index is 0.0911. The first-order valence-electron chi connectivity index (χ1n) is 7.56. The van der Waals surface area contributed by atoms with Crippen molar-refractivity contribution in [3.63, 3.8) is 0 Å². The molecular weight excluding hydrogens is 266 g/mol. The Hall–Kier alpha value is -1.26. The smallest absolute Gasteiger partial charge is 0.122 e. The third kappa shape index (κ3) is 4.90. The van der Waals surface area contributed by atoms with Crippen LogP contribution in [0.3, 0.4) is 0 Å². The molecule has 1 rings (SSSR count). The number of hydrogen-bond donors (Lipinski definition) is 1. The number of nitrogens with one attached hydrogen (secondary N) is 1. The van der Waals surface area contributed by atoms with Crippen molar-refractivity contribution < 1.29 is 14.2 Å². The van der Waals surface area contributed by atoms with Gasteiger partial charge in [0.15, 0.2) is 0 Å². The molecule has 0 fully saturated rings. The Labute approximate surface area is 128 Å². The molecule has 2 unspecified atom stereocenters. The van der Waals surface area contributed by atoms with Crippen molar-refractivity contribution in [1.82, 2.24) is 5.32 Å². The second-order valence-electron chi connectivity index (χ2n) is 5.52. The molecule has 0 saturated carbocycles. The summed E-state index contributed by atoms with van der Waals surface area (Å²) in [6.07, 6.45) is 1.17. The molecule has 1 aromatic carbocycles. The Morgan fingerprint density at radius 1 is 1.00 bits per heavy atom. The molecule has 2 atom stereocenters. The second kappa shape index (κ2) is 8.90. The van der Waals surface area contributed by atoms with Crippen LogP contribution in [0.5, 0.6) is 11.5 Å². The third-order valence-corrected chi connectivity index (χ3v) is 3.60. The van der Waals surface area contributed by atoms with Crippen LogP contribution in [-0.2, 0) is 4.74 Å². The van der Waals surface area contributed by atoms with E-state index in [0.717, 1.165) is 30.0 Å². The molecule has 0 aliphatic heterocycles. The van der Waals surface area contributed by atoms with Gasteiger partial charge >= 0.3 is 0 Å². The topological polar surface area (TPSA) is 39.7 Å². The maximum absolute atomic E-state index is 5.73. The van der Waals surface area contributed by atoms with E-state index in [9.17, 15) is 0 Å². The van der Waals surface area contributed by atoms with E-state index < -0.39 is 0 Å². The zero-order chi connectivity index (χ0) is 15.8. The lowest BCUT2D eigenvalue weighted by Gasteiger charge is -2.30. The van der Waals surface area contributed by atoms with Crippen molar-refractivity contribution >= 4 is 0 Å². The number of ether oxygens (including phenoxy) is 3. The molecule has 0 saturated heterocycles. The monoisotopic (exact) mass is 295 g/mol. The highest BCUT2D eigenvalue weighted by molar-refractivity contribution is 5.40. The molecule has 0 heterocycles. The van der Waals surface area contributed by atoms with E-state index in [1.807, 2.05) is 18.2 Å². The van der Waals surface area contributed by atoms with E-state index in [1.165, 1.54) is 0 Å². The van der Waals surface area contributed by atoms with E-state index in [0.29, 0.717) is 5.92 Å². The van der Waals surface area contributed by atoms with Crippen molar-refractivity contribution in [2.75, 3.05) is 27.9 Å². The van der Waals surface area contributed by atoms with Gasteiger partial charge in [-0.2, -0.15) is 0 Å². The first-order valence-corrected chi connectivity index (χ1v) is 7.56. The number of hydrogen-bond acceptors (Lipinski definition) is 4. The van der Waals surface area contributed by atoms with Crippen LogP contribution in [0, 0.1) is 5.92 Å². The summed E-state index contributed by atoms with van der Waals surface area (Å²) >= 11 is 0. The largest absolute Gasteiger partial charge is 0.497 e. The molecule has 0 aliphatic carbocycles. The van der Waals surface area contributed by atoms with Crippen molar-refractivity contribution in [3.05, 3.63) is 23.8 Å². The van der Waals surface area contributed by atoms with E-state index >= 15 is 0 Å². The SMILES string of the molecule is CCCNC(c1cc(OC)cc(OC)c1)C(OC)C(C)C. The Morgan fingerprint density at radius 3 is 1.95 bits per heavy atom. The van der Waals surface area contributed by atoms with E-state index in [1.54, 1.807) is 21.3 Å². The van der Waals surface area contributed by atoms with Gasteiger partial charge in [-0.25, -0.2) is 0 Å². The molecule has 0 bridgehead atoms. The van der Waals surface area contributed by atoms with Crippen LogP contribution in [-0.4, -0.2) is 34.0 Å². The van der Waals surface area contributed by atoms with Gasteiger partial charge in [-0.3, -0.25) is 0 Å². The quantitative estimate of drug-likeness (QED) is 0.758. The van der Waals surface area contributed by atoms with E-state index in [-0.39, 0.29) is 12.1 Å². The normalized spacial score (nSPS) is 14.0. The molecule has 120 valence electrons. The Morgan fingerprint density at radius 2 is 1.57 bits per heavy atom. The first kappa shape index (κ1) is 17.8. The zero-order valence-corrected chi connectivity index (χ0v) is 14.1. The molecule has 1 aromatic rings. The zero-order valence-electron chi connectivity index (χ0n) is 14.1. The lowest BCUT2D eigenvalue weighted by molar-refractivity contribution is 0.0325. The fraction of sp³-hybridized carbons (Fsp3) is 0.647. The summed E-state index contributed by atoms with van der Waals surface area (Å²) in [6.45, 7) is 7.45. The van der Waals surface area contributed by atoms with Crippen molar-refractivity contribution in [1.29, 1.82) is 0 Å². The van der Waals surface area contributed by atoms with Crippen LogP contribution < -0.4 is 14.8 Å². The molecule has 0 amide bonds. The predicted molar refractivity (Wildman–Crippen MR) is 86.2 cm³/mol. The molecule has 1 N–H and O–H groups in total. The molecular formula is C17H29NO3. The van der Waals surface area contributed by atoms with Crippen LogP contribution in [0.15, 0.2) is 18.2 Å². The molecule has 4 nitrogen and oxygen atoms in total. The molecule has 0 radical (unpaired) electrons. The van der Waals surface area contributed by atoms with Crippen LogP contribution in [0.4, 0.5) is 0 Å². The lowest BCUT2D eigenvalue weighted by atomic mass is 9.93. The summed E-state index contributed by atoms with van der Waals surface area (Å²) in [4.78, 5) is 0. The summed E-state index contributed by atoms with van der Waals surface area (Å²) in [6, 6.07) is 6.09. The highest BCUT2D eigenvalue weighted by atomic mass is 16.5. The molecule has 0 spiro atoms. The summed E-state index contributed by atoms with van der Waals surface area (Å²) in [5, 5.41) is 3.58. The average molecular weight is 295 g/mol. The predicted octanol–water partition coefficient (Wildman–Crippen LogP) is 3.42. The number of rotatable bonds is 9. The highest BCUT2D eigenvalue weighted by Gasteiger charge is 2.26. The summed E-state index contributed by atoms with van der Waals surface area (Å²) in [5.41, 5.74) is 1.13. The van der Waals surface area contributed by atoms with Gasteiger partial charge in [0.25, 0.3) is 0 Å². The third-order valence-electron chi connectivity index (χ3n) is 3.60. The minimum Gasteiger partial charge on any atom is -0.497 e. The van der Waals surface area contributed by atoms with Crippen LogP contribution in [0.25, 0.3) is 0 Å².